The molecule has 0 aliphatic heterocycles. The molecule has 0 radical (unpaired) electrons. The molecule has 1 aromatic rings. The van der Waals surface area contributed by atoms with Crippen molar-refractivity contribution in [2.45, 2.75) is 44.4 Å². The minimum Gasteiger partial charge on any atom is -0.465 e. The first-order chi connectivity index (χ1) is 8.69. The molecule has 98 valence electrons. The van der Waals surface area contributed by atoms with Gasteiger partial charge in [0.15, 0.2) is 0 Å². The Labute approximate surface area is 112 Å². The normalized spacial score (nSPS) is 18.3. The molecular formula is C13H17ClN2O2. The summed E-state index contributed by atoms with van der Waals surface area (Å²) >= 11 is 5.88. The lowest BCUT2D eigenvalue weighted by Gasteiger charge is -2.33. The monoisotopic (exact) mass is 268 g/mol. The minimum atomic E-state index is -0.647. The number of carbonyl (C=O) groups excluding carboxylic acids is 1. The van der Waals surface area contributed by atoms with E-state index in [4.69, 9.17) is 16.3 Å². The number of hydrogen-bond acceptors (Lipinski definition) is 4. The van der Waals surface area contributed by atoms with Crippen LogP contribution in [0.5, 0.6) is 0 Å². The molecule has 5 heteroatoms. The summed E-state index contributed by atoms with van der Waals surface area (Å²) in [5, 5.41) is 0.321. The Kier molecular flexibility index (Phi) is 4.17. The van der Waals surface area contributed by atoms with Crippen LogP contribution >= 0.6 is 11.6 Å². The van der Waals surface area contributed by atoms with Crippen molar-refractivity contribution < 1.29 is 9.53 Å². The Hall–Kier alpha value is -1.16. The molecule has 0 spiro atoms. The molecule has 0 unspecified atom stereocenters. The summed E-state index contributed by atoms with van der Waals surface area (Å²) in [6, 6.07) is 0. The van der Waals surface area contributed by atoms with Gasteiger partial charge in [0.25, 0.3) is 0 Å². The molecule has 2 rings (SSSR count). The Morgan fingerprint density at radius 2 is 2.11 bits per heavy atom. The molecule has 0 saturated heterocycles. The first-order valence-corrected chi connectivity index (χ1v) is 6.72. The number of nitrogens with zero attached hydrogens (tertiary/aromatic N) is 2. The number of esters is 1. The second-order valence-electron chi connectivity index (χ2n) is 4.59. The maximum absolute atomic E-state index is 12.3. The molecular weight excluding hydrogens is 252 g/mol. The third kappa shape index (κ3) is 2.48. The van der Waals surface area contributed by atoms with Gasteiger partial charge in [-0.25, -0.2) is 4.98 Å². The van der Waals surface area contributed by atoms with Crippen molar-refractivity contribution >= 4 is 17.6 Å². The van der Waals surface area contributed by atoms with Crippen LogP contribution in [0, 0.1) is 0 Å². The lowest BCUT2D eigenvalue weighted by molar-refractivity contribution is -0.151. The van der Waals surface area contributed by atoms with Crippen LogP contribution in [0.4, 0.5) is 0 Å². The van der Waals surface area contributed by atoms with E-state index in [0.717, 1.165) is 32.1 Å². The third-order valence-corrected chi connectivity index (χ3v) is 3.65. The predicted molar refractivity (Wildman–Crippen MR) is 68.4 cm³/mol. The fourth-order valence-corrected chi connectivity index (χ4v) is 2.71. The molecule has 0 atom stereocenters. The van der Waals surface area contributed by atoms with Crippen molar-refractivity contribution in [3.05, 3.63) is 23.2 Å². The zero-order valence-corrected chi connectivity index (χ0v) is 11.2. The summed E-state index contributed by atoms with van der Waals surface area (Å²) in [5.41, 5.74) is -0.000231. The number of hydrogen-bond donors (Lipinski definition) is 0. The van der Waals surface area contributed by atoms with Crippen LogP contribution in [0.25, 0.3) is 0 Å². The highest BCUT2D eigenvalue weighted by atomic mass is 35.5. The van der Waals surface area contributed by atoms with E-state index >= 15 is 0 Å². The zero-order chi connectivity index (χ0) is 13.0. The number of carbonyl (C=O) groups is 1. The summed E-state index contributed by atoms with van der Waals surface area (Å²) in [6.45, 7) is 2.20. The van der Waals surface area contributed by atoms with Gasteiger partial charge in [-0.05, 0) is 19.8 Å². The first-order valence-electron chi connectivity index (χ1n) is 6.34. The van der Waals surface area contributed by atoms with E-state index in [1.54, 1.807) is 6.20 Å². The van der Waals surface area contributed by atoms with Crippen molar-refractivity contribution in [1.82, 2.24) is 9.97 Å². The molecule has 0 amide bonds. The topological polar surface area (TPSA) is 52.1 Å². The van der Waals surface area contributed by atoms with E-state index in [9.17, 15) is 4.79 Å². The molecule has 1 fully saturated rings. The highest BCUT2D eigenvalue weighted by Gasteiger charge is 2.44. The first kappa shape index (κ1) is 13.3. The summed E-state index contributed by atoms with van der Waals surface area (Å²) in [5.74, 6) is -0.193. The maximum atomic E-state index is 12.3. The molecule has 1 aliphatic rings. The summed E-state index contributed by atoms with van der Waals surface area (Å²) in [7, 11) is 0. The van der Waals surface area contributed by atoms with Gasteiger partial charge in [-0.2, -0.15) is 0 Å². The molecule has 18 heavy (non-hydrogen) atoms. The van der Waals surface area contributed by atoms with Gasteiger partial charge in [-0.15, -0.1) is 0 Å². The molecule has 0 bridgehead atoms. The zero-order valence-electron chi connectivity index (χ0n) is 10.5. The molecule has 4 nitrogen and oxygen atoms in total. The standard InChI is InChI=1S/C13H17ClN2O2/c1-2-18-12(17)13(6-4-3-5-7-13)10-8-15-9-11(14)16-10/h8-9H,2-7H2,1H3. The second kappa shape index (κ2) is 5.65. The lowest BCUT2D eigenvalue weighted by Crippen LogP contribution is -2.40. The minimum absolute atomic E-state index is 0.193. The van der Waals surface area contributed by atoms with Crippen molar-refractivity contribution in [2.75, 3.05) is 6.61 Å². The van der Waals surface area contributed by atoms with Gasteiger partial charge in [-0.3, -0.25) is 9.78 Å². The fraction of sp³-hybridized carbons (Fsp3) is 0.615. The Morgan fingerprint density at radius 3 is 2.72 bits per heavy atom. The molecule has 0 N–H and O–H groups in total. The van der Waals surface area contributed by atoms with Gasteiger partial charge >= 0.3 is 5.97 Å². The lowest BCUT2D eigenvalue weighted by atomic mass is 9.72. The second-order valence-corrected chi connectivity index (χ2v) is 4.98. The average Bonchev–Trinajstić information content (AvgIpc) is 2.40. The van der Waals surface area contributed by atoms with Gasteiger partial charge in [0, 0.05) is 6.20 Å². The van der Waals surface area contributed by atoms with E-state index < -0.39 is 5.41 Å². The maximum Gasteiger partial charge on any atom is 0.318 e. The number of ether oxygens (including phenoxy) is 1. The molecule has 1 heterocycles. The summed E-state index contributed by atoms with van der Waals surface area (Å²) in [6.07, 6.45) is 7.80. The molecule has 1 aromatic heterocycles. The van der Waals surface area contributed by atoms with Crippen molar-refractivity contribution in [3.8, 4) is 0 Å². The van der Waals surface area contributed by atoms with E-state index in [-0.39, 0.29) is 5.97 Å². The van der Waals surface area contributed by atoms with Crippen LogP contribution < -0.4 is 0 Å². The highest BCUT2D eigenvalue weighted by Crippen LogP contribution is 2.39. The van der Waals surface area contributed by atoms with E-state index in [0.29, 0.717) is 17.5 Å². The van der Waals surface area contributed by atoms with E-state index in [1.807, 2.05) is 6.92 Å². The summed E-state index contributed by atoms with van der Waals surface area (Å²) < 4.78 is 5.23. The summed E-state index contributed by atoms with van der Waals surface area (Å²) in [4.78, 5) is 20.6. The van der Waals surface area contributed by atoms with Gasteiger partial charge in [0.1, 0.15) is 10.6 Å². The molecule has 0 aromatic carbocycles. The largest absolute Gasteiger partial charge is 0.465 e. The van der Waals surface area contributed by atoms with Crippen LogP contribution in [0.2, 0.25) is 5.15 Å². The third-order valence-electron chi connectivity index (χ3n) is 3.47. The van der Waals surface area contributed by atoms with Crippen molar-refractivity contribution in [2.24, 2.45) is 0 Å². The Balaban J connectivity index is 2.38. The average molecular weight is 269 g/mol. The molecule has 1 saturated carbocycles. The number of rotatable bonds is 3. The van der Waals surface area contributed by atoms with Crippen LogP contribution in [0.15, 0.2) is 12.4 Å². The van der Waals surface area contributed by atoms with Gasteiger partial charge in [0.05, 0.1) is 18.5 Å². The SMILES string of the molecule is CCOC(=O)C1(c2cncc(Cl)n2)CCCCC1. The predicted octanol–water partition coefficient (Wildman–Crippen LogP) is 2.90. The van der Waals surface area contributed by atoms with Crippen molar-refractivity contribution in [1.29, 1.82) is 0 Å². The fourth-order valence-electron chi connectivity index (χ4n) is 2.56. The van der Waals surface area contributed by atoms with Crippen LogP contribution in [-0.2, 0) is 14.9 Å². The van der Waals surface area contributed by atoms with E-state index in [2.05, 4.69) is 9.97 Å². The van der Waals surface area contributed by atoms with Crippen LogP contribution in [0.1, 0.15) is 44.7 Å². The highest BCUT2D eigenvalue weighted by molar-refractivity contribution is 6.29. The number of halogens is 1. The van der Waals surface area contributed by atoms with Gasteiger partial charge in [0.2, 0.25) is 0 Å². The van der Waals surface area contributed by atoms with E-state index in [1.165, 1.54) is 6.20 Å². The van der Waals surface area contributed by atoms with Crippen LogP contribution in [-0.4, -0.2) is 22.5 Å². The van der Waals surface area contributed by atoms with Crippen molar-refractivity contribution in [3.63, 3.8) is 0 Å². The Bertz CT molecular complexity index is 431. The molecule has 1 aliphatic carbocycles. The van der Waals surface area contributed by atoms with Gasteiger partial charge in [-0.1, -0.05) is 30.9 Å². The Morgan fingerprint density at radius 1 is 1.39 bits per heavy atom. The van der Waals surface area contributed by atoms with Crippen LogP contribution in [0.3, 0.4) is 0 Å². The van der Waals surface area contributed by atoms with Gasteiger partial charge < -0.3 is 4.74 Å². The smallest absolute Gasteiger partial charge is 0.318 e. The quantitative estimate of drug-likeness (QED) is 0.791. The number of aromatic nitrogens is 2.